The molecule has 0 bridgehead atoms. The summed E-state index contributed by atoms with van der Waals surface area (Å²) in [5, 5.41) is -0.417. The molecule has 0 aliphatic carbocycles. The van der Waals surface area contributed by atoms with Gasteiger partial charge in [-0.1, -0.05) is 24.6 Å². The van der Waals surface area contributed by atoms with Crippen molar-refractivity contribution in [1.29, 1.82) is 0 Å². The lowest BCUT2D eigenvalue weighted by atomic mass is 10.0. The van der Waals surface area contributed by atoms with E-state index in [0.29, 0.717) is 6.42 Å². The van der Waals surface area contributed by atoms with Gasteiger partial charge in [0, 0.05) is 11.1 Å². The average molecular weight is 326 g/mol. The largest absolute Gasteiger partial charge is 0.265 e. The fourth-order valence-corrected chi connectivity index (χ4v) is 3.81. The maximum Gasteiger partial charge on any atom is 0.265 e. The second-order valence-electron chi connectivity index (χ2n) is 5.25. The van der Waals surface area contributed by atoms with E-state index in [1.165, 1.54) is 19.1 Å². The van der Waals surface area contributed by atoms with Crippen molar-refractivity contribution in [1.82, 2.24) is 4.72 Å². The third-order valence-corrected chi connectivity index (χ3v) is 5.42. The van der Waals surface area contributed by atoms with Crippen molar-refractivity contribution in [3.63, 3.8) is 0 Å². The lowest BCUT2D eigenvalue weighted by Crippen LogP contribution is -2.42. The molecule has 0 atom stereocenters. The summed E-state index contributed by atoms with van der Waals surface area (Å²) in [6.07, 6.45) is -2.27. The number of aryl methyl sites for hydroxylation is 1. The highest BCUT2D eigenvalue weighted by molar-refractivity contribution is 7.89. The average Bonchev–Trinajstić information content (AvgIpc) is 2.26. The van der Waals surface area contributed by atoms with Crippen molar-refractivity contribution in [2.24, 2.45) is 0 Å². The predicted molar refractivity (Wildman–Crippen MR) is 75.8 cm³/mol. The molecule has 0 saturated carbocycles. The van der Waals surface area contributed by atoms with Crippen LogP contribution in [0.25, 0.3) is 0 Å². The minimum absolute atomic E-state index is 0.263. The molecule has 1 aromatic rings. The van der Waals surface area contributed by atoms with Crippen molar-refractivity contribution < 1.29 is 17.2 Å². The highest BCUT2D eigenvalue weighted by Crippen LogP contribution is 2.35. The lowest BCUT2D eigenvalue weighted by molar-refractivity contribution is 0.150. The van der Waals surface area contributed by atoms with E-state index in [1.54, 1.807) is 13.8 Å². The predicted octanol–water partition coefficient (Wildman–Crippen LogP) is 4.05. The van der Waals surface area contributed by atoms with Crippen molar-refractivity contribution in [3.8, 4) is 0 Å². The van der Waals surface area contributed by atoms with Crippen LogP contribution >= 0.6 is 11.6 Å². The highest BCUT2D eigenvalue weighted by Gasteiger charge is 2.29. The lowest BCUT2D eigenvalue weighted by Gasteiger charge is -2.25. The van der Waals surface area contributed by atoms with Crippen molar-refractivity contribution in [2.75, 3.05) is 0 Å². The van der Waals surface area contributed by atoms with E-state index in [4.69, 9.17) is 11.6 Å². The zero-order valence-corrected chi connectivity index (χ0v) is 13.4. The second kappa shape index (κ2) is 5.95. The molecular weight excluding hydrogens is 308 g/mol. The van der Waals surface area contributed by atoms with Gasteiger partial charge in [0.2, 0.25) is 10.0 Å². The Labute approximate surface area is 123 Å². The van der Waals surface area contributed by atoms with Crippen LogP contribution in [0.2, 0.25) is 5.02 Å². The first-order valence-electron chi connectivity index (χ1n) is 6.13. The Morgan fingerprint density at radius 2 is 1.90 bits per heavy atom. The number of sulfonamides is 1. The van der Waals surface area contributed by atoms with Crippen LogP contribution in [0.15, 0.2) is 17.0 Å². The van der Waals surface area contributed by atoms with Crippen molar-refractivity contribution >= 4 is 21.6 Å². The number of halogens is 3. The van der Waals surface area contributed by atoms with Gasteiger partial charge in [-0.25, -0.2) is 21.9 Å². The van der Waals surface area contributed by atoms with Crippen molar-refractivity contribution in [3.05, 3.63) is 28.3 Å². The number of benzene rings is 1. The van der Waals surface area contributed by atoms with Gasteiger partial charge in [0.05, 0.1) is 5.02 Å². The van der Waals surface area contributed by atoms with Crippen LogP contribution < -0.4 is 4.72 Å². The molecule has 0 unspecified atom stereocenters. The fourth-order valence-electron chi connectivity index (χ4n) is 1.64. The number of hydrogen-bond donors (Lipinski definition) is 1. The van der Waals surface area contributed by atoms with Gasteiger partial charge >= 0.3 is 0 Å². The monoisotopic (exact) mass is 325 g/mol. The summed E-state index contributed by atoms with van der Waals surface area (Å²) in [6, 6.07) is 2.58. The number of nitrogens with one attached hydrogen (secondary N) is 1. The molecular formula is C13H18ClF2NO2S. The van der Waals surface area contributed by atoms with Gasteiger partial charge in [-0.05, 0) is 38.8 Å². The zero-order valence-electron chi connectivity index (χ0n) is 11.8. The summed E-state index contributed by atoms with van der Waals surface area (Å²) in [4.78, 5) is -0.318. The normalized spacial score (nSPS) is 13.0. The van der Waals surface area contributed by atoms with Crippen LogP contribution in [-0.2, 0) is 10.0 Å². The Bertz CT molecular complexity index is 601. The second-order valence-corrected chi connectivity index (χ2v) is 7.28. The molecule has 20 heavy (non-hydrogen) atoms. The van der Waals surface area contributed by atoms with Crippen LogP contribution in [-0.4, -0.2) is 14.0 Å². The van der Waals surface area contributed by atoms with Crippen LogP contribution in [0.1, 0.15) is 44.7 Å². The molecule has 0 saturated heterocycles. The van der Waals surface area contributed by atoms with E-state index < -0.39 is 32.6 Å². The maximum atomic E-state index is 13.0. The summed E-state index contributed by atoms with van der Waals surface area (Å²) in [5.74, 6) is 0. The molecule has 0 amide bonds. The number of rotatable bonds is 5. The molecule has 114 valence electrons. The smallest absolute Gasteiger partial charge is 0.207 e. The first-order chi connectivity index (χ1) is 9.02. The molecule has 0 heterocycles. The molecule has 0 aliphatic heterocycles. The molecule has 0 spiro atoms. The zero-order chi connectivity index (χ0) is 15.7. The Balaban J connectivity index is 3.38. The quantitative estimate of drug-likeness (QED) is 0.887. The number of hydrogen-bond acceptors (Lipinski definition) is 2. The van der Waals surface area contributed by atoms with E-state index in [1.807, 2.05) is 6.92 Å². The molecule has 1 N–H and O–H groups in total. The molecule has 0 fully saturated rings. The van der Waals surface area contributed by atoms with E-state index in [9.17, 15) is 17.2 Å². The summed E-state index contributed by atoms with van der Waals surface area (Å²) < 4.78 is 52.9. The van der Waals surface area contributed by atoms with Crippen LogP contribution in [0.5, 0.6) is 0 Å². The summed E-state index contributed by atoms with van der Waals surface area (Å²) >= 11 is 5.87. The fraction of sp³-hybridized carbons (Fsp3) is 0.538. The molecule has 0 aromatic heterocycles. The van der Waals surface area contributed by atoms with Gasteiger partial charge in [-0.15, -0.1) is 0 Å². The molecule has 0 radical (unpaired) electrons. The van der Waals surface area contributed by atoms with Gasteiger partial charge < -0.3 is 0 Å². The minimum atomic E-state index is -3.95. The Morgan fingerprint density at radius 1 is 1.35 bits per heavy atom. The highest BCUT2D eigenvalue weighted by atomic mass is 35.5. The Kier molecular flexibility index (Phi) is 5.16. The van der Waals surface area contributed by atoms with Gasteiger partial charge in [0.15, 0.2) is 0 Å². The number of alkyl halides is 2. The van der Waals surface area contributed by atoms with E-state index >= 15 is 0 Å². The first-order valence-corrected chi connectivity index (χ1v) is 7.99. The molecule has 1 rings (SSSR count). The third kappa shape index (κ3) is 3.68. The third-order valence-electron chi connectivity index (χ3n) is 3.16. The van der Waals surface area contributed by atoms with Crippen LogP contribution in [0.4, 0.5) is 8.78 Å². The van der Waals surface area contributed by atoms with Crippen molar-refractivity contribution in [2.45, 2.75) is 51.0 Å². The minimum Gasteiger partial charge on any atom is -0.207 e. The Morgan fingerprint density at radius 3 is 2.35 bits per heavy atom. The van der Waals surface area contributed by atoms with Crippen LogP contribution in [0.3, 0.4) is 0 Å². The summed E-state index contributed by atoms with van der Waals surface area (Å²) in [5.41, 5.74) is -0.861. The topological polar surface area (TPSA) is 46.2 Å². The Hall–Kier alpha value is -0.720. The summed E-state index contributed by atoms with van der Waals surface area (Å²) in [6.45, 7) is 6.71. The standard InChI is InChI=1S/C13H18ClF2NO2S/c1-5-13(3,4)17-20(18,19)9-7-6-8(2)10(11(9)14)12(15)16/h6-7,12,17H,5H2,1-4H3. The van der Waals surface area contributed by atoms with Gasteiger partial charge in [-0.2, -0.15) is 0 Å². The molecule has 0 aliphatic rings. The van der Waals surface area contributed by atoms with E-state index in [0.717, 1.165) is 0 Å². The summed E-state index contributed by atoms with van der Waals surface area (Å²) in [7, 11) is -3.95. The van der Waals surface area contributed by atoms with Crippen LogP contribution in [0, 0.1) is 6.92 Å². The van der Waals surface area contributed by atoms with E-state index in [2.05, 4.69) is 4.72 Å². The van der Waals surface area contributed by atoms with Gasteiger partial charge in [0.1, 0.15) is 4.90 Å². The molecule has 3 nitrogen and oxygen atoms in total. The van der Waals surface area contributed by atoms with E-state index in [-0.39, 0.29) is 10.5 Å². The SMILES string of the molecule is CCC(C)(C)NS(=O)(=O)c1ccc(C)c(C(F)F)c1Cl. The molecule has 7 heteroatoms. The maximum absolute atomic E-state index is 13.0. The van der Waals surface area contributed by atoms with Gasteiger partial charge in [0.25, 0.3) is 6.43 Å². The van der Waals surface area contributed by atoms with Gasteiger partial charge in [-0.3, -0.25) is 0 Å². The first kappa shape index (κ1) is 17.3. The molecule has 1 aromatic carbocycles.